The van der Waals surface area contributed by atoms with Crippen LogP contribution in [0.1, 0.15) is 40.9 Å². The number of carbonyl (C=O) groups is 3. The van der Waals surface area contributed by atoms with Gasteiger partial charge in [-0.1, -0.05) is 72.8 Å². The van der Waals surface area contributed by atoms with Crippen molar-refractivity contribution in [3.63, 3.8) is 0 Å². The highest BCUT2D eigenvalue weighted by Gasteiger charge is 2.49. The number of hydrogen-bond donors (Lipinski definition) is 3. The van der Waals surface area contributed by atoms with E-state index in [1.807, 2.05) is 99.6 Å². The lowest BCUT2D eigenvalue weighted by atomic mass is 9.96. The average molecular weight is 597 g/mol. The lowest BCUT2D eigenvalue weighted by Gasteiger charge is -2.33. The molecule has 0 spiro atoms. The molecule has 0 bridgehead atoms. The zero-order chi connectivity index (χ0) is 30.6. The molecule has 1 saturated heterocycles. The standard InChI is InChI=1S/C34H36N4O4S/c1-22-11-7-8-15-25(22)19-36-32(41)30-34(2,3)43-21-38(30)33(42)29(39)28(17-23-12-5-4-6-13-23)37-31(40)26-18-24-14-9-10-16-27(24)35-20-26/h4-16,18,20,28-30,39H,17,19,21H2,1-3H3,(H,36,41)(H,37,40)/t28-,29-,30+/m0/s1. The van der Waals surface area contributed by atoms with Gasteiger partial charge in [0.25, 0.3) is 11.8 Å². The highest BCUT2D eigenvalue weighted by Crippen LogP contribution is 2.40. The molecular formula is C34H36N4O4S. The molecule has 2 heterocycles. The van der Waals surface area contributed by atoms with Crippen LogP contribution in [0.2, 0.25) is 0 Å². The van der Waals surface area contributed by atoms with E-state index in [1.165, 1.54) is 22.9 Å². The van der Waals surface area contributed by atoms with Crippen molar-refractivity contribution in [3.05, 3.63) is 113 Å². The predicted molar refractivity (Wildman–Crippen MR) is 169 cm³/mol. The Morgan fingerprint density at radius 1 is 1.02 bits per heavy atom. The van der Waals surface area contributed by atoms with Gasteiger partial charge in [0, 0.05) is 22.9 Å². The maximum atomic E-state index is 13.9. The van der Waals surface area contributed by atoms with Crippen molar-refractivity contribution >= 4 is 40.4 Å². The van der Waals surface area contributed by atoms with Crippen LogP contribution < -0.4 is 10.6 Å². The van der Waals surface area contributed by atoms with Gasteiger partial charge in [0.2, 0.25) is 5.91 Å². The molecule has 5 rings (SSSR count). The molecule has 1 aromatic heterocycles. The lowest BCUT2D eigenvalue weighted by Crippen LogP contribution is -2.58. The molecule has 3 amide bonds. The Kier molecular flexibility index (Phi) is 9.13. The van der Waals surface area contributed by atoms with Crippen molar-refractivity contribution in [2.24, 2.45) is 0 Å². The Bertz CT molecular complexity index is 1630. The van der Waals surface area contributed by atoms with Gasteiger partial charge >= 0.3 is 0 Å². The first-order valence-corrected chi connectivity index (χ1v) is 15.3. The maximum absolute atomic E-state index is 13.9. The van der Waals surface area contributed by atoms with Crippen LogP contribution in [0.25, 0.3) is 10.9 Å². The molecule has 3 aromatic carbocycles. The first-order chi connectivity index (χ1) is 20.6. The highest BCUT2D eigenvalue weighted by molar-refractivity contribution is 8.00. The topological polar surface area (TPSA) is 112 Å². The minimum atomic E-state index is -1.58. The number of carbonyl (C=O) groups excluding carboxylic acids is 3. The van der Waals surface area contributed by atoms with Gasteiger partial charge in [0.15, 0.2) is 6.10 Å². The van der Waals surface area contributed by atoms with Crippen LogP contribution >= 0.6 is 11.8 Å². The SMILES string of the molecule is Cc1ccccc1CNC(=O)[C@H]1N(C(=O)[C@@H](O)[C@H](Cc2ccccc2)NC(=O)c2cnc3ccccc3c2)CSC1(C)C. The second kappa shape index (κ2) is 13.0. The third-order valence-corrected chi connectivity index (χ3v) is 9.27. The van der Waals surface area contributed by atoms with E-state index in [-0.39, 0.29) is 18.2 Å². The van der Waals surface area contributed by atoms with Crippen LogP contribution in [0, 0.1) is 6.92 Å². The molecule has 3 N–H and O–H groups in total. The number of amides is 3. The van der Waals surface area contributed by atoms with Gasteiger partial charge < -0.3 is 20.6 Å². The Morgan fingerprint density at radius 3 is 2.49 bits per heavy atom. The first-order valence-electron chi connectivity index (χ1n) is 14.3. The zero-order valence-corrected chi connectivity index (χ0v) is 25.3. The van der Waals surface area contributed by atoms with E-state index >= 15 is 0 Å². The number of hydrogen-bond acceptors (Lipinski definition) is 6. The number of fused-ring (bicyclic) bond motifs is 1. The van der Waals surface area contributed by atoms with Crippen molar-refractivity contribution in [2.45, 2.75) is 56.7 Å². The number of pyridine rings is 1. The van der Waals surface area contributed by atoms with Crippen molar-refractivity contribution in [1.29, 1.82) is 0 Å². The van der Waals surface area contributed by atoms with E-state index in [2.05, 4.69) is 15.6 Å². The van der Waals surface area contributed by atoms with E-state index in [4.69, 9.17) is 0 Å². The third-order valence-electron chi connectivity index (χ3n) is 7.89. The van der Waals surface area contributed by atoms with Gasteiger partial charge in [-0.25, -0.2) is 0 Å². The third kappa shape index (κ3) is 6.89. The van der Waals surface area contributed by atoms with Crippen molar-refractivity contribution in [2.75, 3.05) is 5.88 Å². The molecule has 43 heavy (non-hydrogen) atoms. The number of aryl methyl sites for hydroxylation is 1. The molecular weight excluding hydrogens is 560 g/mol. The highest BCUT2D eigenvalue weighted by atomic mass is 32.2. The number of nitrogens with zero attached hydrogens (tertiary/aromatic N) is 2. The van der Waals surface area contributed by atoms with Gasteiger partial charge in [0.1, 0.15) is 6.04 Å². The fourth-order valence-electron chi connectivity index (χ4n) is 5.40. The molecule has 8 nitrogen and oxygen atoms in total. The summed E-state index contributed by atoms with van der Waals surface area (Å²) in [6.45, 7) is 6.16. The van der Waals surface area contributed by atoms with Crippen LogP contribution in [-0.2, 0) is 22.6 Å². The molecule has 1 aliphatic heterocycles. The molecule has 9 heteroatoms. The molecule has 0 unspecified atom stereocenters. The molecule has 3 atom stereocenters. The molecule has 1 fully saturated rings. The maximum Gasteiger partial charge on any atom is 0.254 e. The summed E-state index contributed by atoms with van der Waals surface area (Å²) in [5.74, 6) is -1.10. The second-order valence-corrected chi connectivity index (χ2v) is 13.0. The summed E-state index contributed by atoms with van der Waals surface area (Å²) in [5, 5.41) is 18.2. The van der Waals surface area contributed by atoms with Gasteiger partial charge in [-0.05, 0) is 56.0 Å². The van der Waals surface area contributed by atoms with E-state index in [1.54, 1.807) is 6.07 Å². The van der Waals surface area contributed by atoms with Gasteiger partial charge in [-0.15, -0.1) is 11.8 Å². The van der Waals surface area contributed by atoms with E-state index in [9.17, 15) is 19.5 Å². The van der Waals surface area contributed by atoms with E-state index < -0.39 is 34.7 Å². The summed E-state index contributed by atoms with van der Waals surface area (Å²) in [7, 11) is 0. The van der Waals surface area contributed by atoms with E-state index in [0.717, 1.165) is 27.6 Å². The fourth-order valence-corrected chi connectivity index (χ4v) is 6.54. The fraction of sp³-hybridized carbons (Fsp3) is 0.294. The number of benzene rings is 3. The Labute approximate surface area is 255 Å². The number of para-hydroxylation sites is 1. The normalized spacial score (nSPS) is 17.3. The molecule has 4 aromatic rings. The number of aliphatic hydroxyl groups is 1. The summed E-state index contributed by atoms with van der Waals surface area (Å²) in [5.41, 5.74) is 3.98. The first kappa shape index (κ1) is 30.3. The van der Waals surface area contributed by atoms with Crippen molar-refractivity contribution in [1.82, 2.24) is 20.5 Å². The van der Waals surface area contributed by atoms with Crippen LogP contribution in [-0.4, -0.2) is 61.5 Å². The monoisotopic (exact) mass is 596 g/mol. The molecule has 0 radical (unpaired) electrons. The Balaban J connectivity index is 1.36. The number of aromatic nitrogens is 1. The van der Waals surface area contributed by atoms with E-state index in [0.29, 0.717) is 12.1 Å². The molecule has 222 valence electrons. The molecule has 0 aliphatic carbocycles. The minimum Gasteiger partial charge on any atom is -0.381 e. The second-order valence-electron chi connectivity index (χ2n) is 11.4. The van der Waals surface area contributed by atoms with Crippen LogP contribution in [0.4, 0.5) is 0 Å². The van der Waals surface area contributed by atoms with Crippen molar-refractivity contribution in [3.8, 4) is 0 Å². The molecule has 0 saturated carbocycles. The summed E-state index contributed by atoms with van der Waals surface area (Å²) in [4.78, 5) is 46.7. The average Bonchev–Trinajstić information content (AvgIpc) is 3.34. The summed E-state index contributed by atoms with van der Waals surface area (Å²) in [6, 6.07) is 24.6. The molecule has 1 aliphatic rings. The van der Waals surface area contributed by atoms with Gasteiger partial charge in [0.05, 0.1) is 23.0 Å². The zero-order valence-electron chi connectivity index (χ0n) is 24.5. The summed E-state index contributed by atoms with van der Waals surface area (Å²) < 4.78 is -0.583. The number of thioether (sulfide) groups is 1. The summed E-state index contributed by atoms with van der Waals surface area (Å²) >= 11 is 1.48. The largest absolute Gasteiger partial charge is 0.381 e. The number of rotatable bonds is 9. The van der Waals surface area contributed by atoms with Gasteiger partial charge in [-0.3, -0.25) is 19.4 Å². The smallest absolute Gasteiger partial charge is 0.254 e. The predicted octanol–water partition coefficient (Wildman–Crippen LogP) is 4.24. The number of aliphatic hydroxyl groups excluding tert-OH is 1. The van der Waals surface area contributed by atoms with Crippen LogP contribution in [0.3, 0.4) is 0 Å². The summed E-state index contributed by atoms with van der Waals surface area (Å²) in [6.07, 6.45) is 0.119. The quantitative estimate of drug-likeness (QED) is 0.267. The Hall–Kier alpha value is -4.21. The van der Waals surface area contributed by atoms with Crippen molar-refractivity contribution < 1.29 is 19.5 Å². The lowest BCUT2D eigenvalue weighted by molar-refractivity contribution is -0.147. The number of nitrogens with one attached hydrogen (secondary N) is 2. The Morgan fingerprint density at radius 2 is 1.72 bits per heavy atom. The van der Waals surface area contributed by atoms with Crippen LogP contribution in [0.5, 0.6) is 0 Å². The minimum absolute atomic E-state index is 0.217. The van der Waals surface area contributed by atoms with Crippen LogP contribution in [0.15, 0.2) is 91.1 Å². The van der Waals surface area contributed by atoms with Gasteiger partial charge in [-0.2, -0.15) is 0 Å².